The summed E-state index contributed by atoms with van der Waals surface area (Å²) in [4.78, 5) is 3.88. The summed E-state index contributed by atoms with van der Waals surface area (Å²) in [6.07, 6.45) is 4.52. The first-order chi connectivity index (χ1) is 9.40. The molecular formula is C17H29NOS. The van der Waals surface area contributed by atoms with Crippen LogP contribution in [0.25, 0.3) is 0 Å². The zero-order chi connectivity index (χ0) is 14.8. The highest BCUT2D eigenvalue weighted by molar-refractivity contribution is 7.09. The normalized spacial score (nSPS) is 27.7. The van der Waals surface area contributed by atoms with E-state index in [0.717, 1.165) is 19.4 Å². The smallest absolute Gasteiger partial charge is 0.0631 e. The Balaban J connectivity index is 1.88. The predicted octanol–water partition coefficient (Wildman–Crippen LogP) is 3.80. The van der Waals surface area contributed by atoms with Crippen molar-refractivity contribution in [1.82, 2.24) is 4.90 Å². The van der Waals surface area contributed by atoms with Gasteiger partial charge >= 0.3 is 0 Å². The van der Waals surface area contributed by atoms with Crippen LogP contribution in [-0.2, 0) is 6.42 Å². The van der Waals surface area contributed by atoms with Gasteiger partial charge in [0, 0.05) is 17.5 Å². The van der Waals surface area contributed by atoms with Crippen LogP contribution in [0, 0.1) is 11.3 Å². The minimum atomic E-state index is -0.160. The Hall–Kier alpha value is -0.380. The van der Waals surface area contributed by atoms with Crippen molar-refractivity contribution in [2.45, 2.75) is 58.6 Å². The number of hydrogen-bond donors (Lipinski definition) is 1. The summed E-state index contributed by atoms with van der Waals surface area (Å²) in [5.74, 6) is 0.425. The summed E-state index contributed by atoms with van der Waals surface area (Å²) in [5, 5.41) is 12.7. The van der Waals surface area contributed by atoms with Gasteiger partial charge in [0.15, 0.2) is 0 Å². The lowest BCUT2D eigenvalue weighted by Crippen LogP contribution is -2.46. The number of likely N-dealkylation sites (N-methyl/N-ethyl adjacent to an activating group) is 1. The molecule has 1 aromatic heterocycles. The molecule has 3 atom stereocenters. The van der Waals surface area contributed by atoms with Gasteiger partial charge in [0.1, 0.15) is 0 Å². The maximum Gasteiger partial charge on any atom is 0.0631 e. The summed E-state index contributed by atoms with van der Waals surface area (Å²) in [5.41, 5.74) is 0.0841. The van der Waals surface area contributed by atoms with E-state index in [1.165, 1.54) is 17.7 Å². The summed E-state index contributed by atoms with van der Waals surface area (Å²) >= 11 is 1.84. The Morgan fingerprint density at radius 1 is 1.50 bits per heavy atom. The molecule has 20 heavy (non-hydrogen) atoms. The molecule has 0 aromatic carbocycles. The Labute approximate surface area is 127 Å². The third kappa shape index (κ3) is 3.84. The average Bonchev–Trinajstić information content (AvgIpc) is 2.87. The van der Waals surface area contributed by atoms with Crippen LogP contribution >= 0.6 is 11.3 Å². The number of aliphatic hydroxyl groups excluding tert-OH is 1. The van der Waals surface area contributed by atoms with Gasteiger partial charge in [-0.05, 0) is 56.0 Å². The van der Waals surface area contributed by atoms with Crippen LogP contribution < -0.4 is 0 Å². The summed E-state index contributed by atoms with van der Waals surface area (Å²) in [6.45, 7) is 7.72. The van der Waals surface area contributed by atoms with Gasteiger partial charge in [-0.3, -0.25) is 0 Å². The Morgan fingerprint density at radius 3 is 2.90 bits per heavy atom. The second-order valence-electron chi connectivity index (χ2n) is 7.16. The first-order valence-corrected chi connectivity index (χ1v) is 8.69. The van der Waals surface area contributed by atoms with E-state index in [0.29, 0.717) is 12.0 Å². The van der Waals surface area contributed by atoms with E-state index in [-0.39, 0.29) is 11.5 Å². The topological polar surface area (TPSA) is 23.5 Å². The monoisotopic (exact) mass is 295 g/mol. The molecule has 0 radical (unpaired) electrons. The maximum absolute atomic E-state index is 10.6. The van der Waals surface area contributed by atoms with Gasteiger partial charge in [-0.15, -0.1) is 11.3 Å². The Bertz CT molecular complexity index is 401. The minimum Gasteiger partial charge on any atom is -0.392 e. The quantitative estimate of drug-likeness (QED) is 0.893. The molecule has 0 spiro atoms. The average molecular weight is 295 g/mol. The SMILES string of the molecule is CC(Cc1cccs1)N(C)CC1CCCC(C)(C)C1O. The molecule has 2 rings (SSSR count). The van der Waals surface area contributed by atoms with E-state index in [1.807, 2.05) is 11.3 Å². The molecule has 1 aliphatic carbocycles. The lowest BCUT2D eigenvalue weighted by Gasteiger charge is -2.42. The van der Waals surface area contributed by atoms with Gasteiger partial charge in [-0.1, -0.05) is 26.3 Å². The van der Waals surface area contributed by atoms with Crippen molar-refractivity contribution < 1.29 is 5.11 Å². The lowest BCUT2D eigenvalue weighted by molar-refractivity contribution is -0.0435. The summed E-state index contributed by atoms with van der Waals surface area (Å²) in [6, 6.07) is 4.87. The van der Waals surface area contributed by atoms with Crippen LogP contribution in [-0.4, -0.2) is 35.7 Å². The second-order valence-corrected chi connectivity index (χ2v) is 8.19. The highest BCUT2D eigenvalue weighted by atomic mass is 32.1. The minimum absolute atomic E-state index is 0.0841. The predicted molar refractivity (Wildman–Crippen MR) is 87.2 cm³/mol. The van der Waals surface area contributed by atoms with Crippen molar-refractivity contribution in [1.29, 1.82) is 0 Å². The first kappa shape index (κ1) is 16.0. The van der Waals surface area contributed by atoms with Crippen molar-refractivity contribution in [2.75, 3.05) is 13.6 Å². The lowest BCUT2D eigenvalue weighted by atomic mass is 9.69. The van der Waals surface area contributed by atoms with Crippen molar-refractivity contribution in [3.05, 3.63) is 22.4 Å². The van der Waals surface area contributed by atoms with Gasteiger partial charge in [-0.2, -0.15) is 0 Å². The van der Waals surface area contributed by atoms with Crippen LogP contribution in [0.5, 0.6) is 0 Å². The summed E-state index contributed by atoms with van der Waals surface area (Å²) < 4.78 is 0. The molecule has 1 N–H and O–H groups in total. The fourth-order valence-electron chi connectivity index (χ4n) is 3.38. The molecule has 1 aromatic rings. The van der Waals surface area contributed by atoms with E-state index in [2.05, 4.69) is 50.2 Å². The van der Waals surface area contributed by atoms with Crippen LogP contribution in [0.2, 0.25) is 0 Å². The van der Waals surface area contributed by atoms with Gasteiger partial charge in [0.2, 0.25) is 0 Å². The van der Waals surface area contributed by atoms with Gasteiger partial charge in [-0.25, -0.2) is 0 Å². The third-order valence-corrected chi connectivity index (χ3v) is 5.89. The van der Waals surface area contributed by atoms with E-state index in [9.17, 15) is 5.11 Å². The van der Waals surface area contributed by atoms with Gasteiger partial charge in [0.25, 0.3) is 0 Å². The molecule has 2 nitrogen and oxygen atoms in total. The largest absolute Gasteiger partial charge is 0.392 e. The molecule has 0 saturated heterocycles. The highest BCUT2D eigenvalue weighted by Crippen LogP contribution is 2.39. The van der Waals surface area contributed by atoms with Gasteiger partial charge < -0.3 is 10.0 Å². The number of nitrogens with zero attached hydrogens (tertiary/aromatic N) is 1. The number of aliphatic hydroxyl groups is 1. The standard InChI is InChI=1S/C17H29NOS/c1-13(11-15-8-6-10-20-15)18(4)12-14-7-5-9-17(2,3)16(14)19/h6,8,10,13-14,16,19H,5,7,9,11-12H2,1-4H3. The van der Waals surface area contributed by atoms with Crippen LogP contribution in [0.15, 0.2) is 17.5 Å². The van der Waals surface area contributed by atoms with Crippen LogP contribution in [0.4, 0.5) is 0 Å². The third-order valence-electron chi connectivity index (χ3n) is 4.99. The fourth-order valence-corrected chi connectivity index (χ4v) is 4.21. The van der Waals surface area contributed by atoms with E-state index < -0.39 is 0 Å². The molecule has 1 fully saturated rings. The fraction of sp³-hybridized carbons (Fsp3) is 0.765. The summed E-state index contributed by atoms with van der Waals surface area (Å²) in [7, 11) is 2.20. The molecular weight excluding hydrogens is 266 g/mol. The molecule has 3 heteroatoms. The molecule has 0 amide bonds. The molecule has 1 aliphatic rings. The van der Waals surface area contributed by atoms with Crippen molar-refractivity contribution in [3.63, 3.8) is 0 Å². The Kier molecular flexibility index (Phi) is 5.27. The number of rotatable bonds is 5. The molecule has 114 valence electrons. The molecule has 1 heterocycles. The zero-order valence-electron chi connectivity index (χ0n) is 13.3. The van der Waals surface area contributed by atoms with E-state index in [1.54, 1.807) is 0 Å². The van der Waals surface area contributed by atoms with Crippen molar-refractivity contribution in [3.8, 4) is 0 Å². The maximum atomic E-state index is 10.6. The first-order valence-electron chi connectivity index (χ1n) is 7.81. The van der Waals surface area contributed by atoms with E-state index in [4.69, 9.17) is 0 Å². The van der Waals surface area contributed by atoms with Crippen LogP contribution in [0.3, 0.4) is 0 Å². The molecule has 0 bridgehead atoms. The van der Waals surface area contributed by atoms with E-state index >= 15 is 0 Å². The van der Waals surface area contributed by atoms with Crippen molar-refractivity contribution in [2.24, 2.45) is 11.3 Å². The zero-order valence-corrected chi connectivity index (χ0v) is 14.1. The molecule has 1 saturated carbocycles. The van der Waals surface area contributed by atoms with Crippen molar-refractivity contribution >= 4 is 11.3 Å². The Morgan fingerprint density at radius 2 is 2.25 bits per heavy atom. The number of thiophene rings is 1. The second kappa shape index (κ2) is 6.59. The van der Waals surface area contributed by atoms with Crippen LogP contribution in [0.1, 0.15) is 44.9 Å². The number of hydrogen-bond acceptors (Lipinski definition) is 3. The molecule has 0 aliphatic heterocycles. The highest BCUT2D eigenvalue weighted by Gasteiger charge is 2.38. The van der Waals surface area contributed by atoms with Gasteiger partial charge in [0.05, 0.1) is 6.10 Å². The molecule has 3 unspecified atom stereocenters.